The highest BCUT2D eigenvalue weighted by Gasteiger charge is 2.31. The topological polar surface area (TPSA) is 80.3 Å². The third-order valence-electron chi connectivity index (χ3n) is 3.97. The van der Waals surface area contributed by atoms with Gasteiger partial charge in [-0.2, -0.15) is 0 Å². The van der Waals surface area contributed by atoms with Crippen molar-refractivity contribution >= 4 is 31.2 Å². The number of hydrogen-bond acceptors (Lipinski definition) is 5. The molecule has 5 nitrogen and oxygen atoms in total. The van der Waals surface area contributed by atoms with Gasteiger partial charge in [-0.15, -0.1) is 11.3 Å². The fourth-order valence-corrected chi connectivity index (χ4v) is 6.55. The first-order valence-corrected chi connectivity index (χ1v) is 11.9. The highest BCUT2D eigenvalue weighted by Crippen LogP contribution is 2.31. The Morgan fingerprint density at radius 2 is 1.43 bits per heavy atom. The maximum Gasteiger partial charge on any atom is 0.240 e. The van der Waals surface area contributed by atoms with E-state index >= 15 is 0 Å². The summed E-state index contributed by atoms with van der Waals surface area (Å²) in [6, 6.07) is 12.0. The number of sulfonamides is 1. The van der Waals surface area contributed by atoms with Crippen molar-refractivity contribution in [3.63, 3.8) is 0 Å². The first-order chi connectivity index (χ1) is 13.2. The van der Waals surface area contributed by atoms with E-state index in [0.29, 0.717) is 0 Å². The van der Waals surface area contributed by atoms with E-state index < -0.39 is 43.3 Å². The lowest BCUT2D eigenvalue weighted by Gasteiger charge is -2.18. The van der Waals surface area contributed by atoms with Crippen LogP contribution >= 0.6 is 11.3 Å². The molecule has 0 spiro atoms. The van der Waals surface area contributed by atoms with Gasteiger partial charge in [-0.1, -0.05) is 18.2 Å². The van der Waals surface area contributed by atoms with Crippen LogP contribution in [0.1, 0.15) is 10.8 Å². The van der Waals surface area contributed by atoms with Crippen LogP contribution in [0.4, 0.5) is 8.78 Å². The summed E-state index contributed by atoms with van der Waals surface area (Å²) in [6.45, 7) is -0.467. The molecule has 1 atom stereocenters. The average molecular weight is 444 g/mol. The molecule has 0 radical (unpaired) electrons. The summed E-state index contributed by atoms with van der Waals surface area (Å²) < 4.78 is 79.6. The Morgan fingerprint density at radius 1 is 0.857 bits per heavy atom. The monoisotopic (exact) mass is 443 g/mol. The second-order valence-electron chi connectivity index (χ2n) is 5.82. The van der Waals surface area contributed by atoms with Crippen molar-refractivity contribution < 1.29 is 25.6 Å². The van der Waals surface area contributed by atoms with Gasteiger partial charge in [0.05, 0.1) is 4.90 Å². The van der Waals surface area contributed by atoms with Crippen molar-refractivity contribution in [1.29, 1.82) is 0 Å². The van der Waals surface area contributed by atoms with E-state index in [1.54, 1.807) is 11.4 Å². The first-order valence-electron chi connectivity index (χ1n) is 7.98. The van der Waals surface area contributed by atoms with Gasteiger partial charge in [-0.3, -0.25) is 0 Å². The second kappa shape index (κ2) is 8.08. The molecule has 1 aromatic heterocycles. The molecule has 3 rings (SSSR count). The summed E-state index contributed by atoms with van der Waals surface area (Å²) in [5.41, 5.74) is 0.247. The number of nitrogens with one attached hydrogen (secondary N) is 1. The Balaban J connectivity index is 1.94. The highest BCUT2D eigenvalue weighted by molar-refractivity contribution is 7.93. The quantitative estimate of drug-likeness (QED) is 0.606. The summed E-state index contributed by atoms with van der Waals surface area (Å²) in [5.74, 6) is -1.13. The lowest BCUT2D eigenvalue weighted by atomic mass is 10.1. The molecule has 1 unspecified atom stereocenters. The molecule has 0 amide bonds. The zero-order valence-electron chi connectivity index (χ0n) is 14.2. The molecule has 148 valence electrons. The summed E-state index contributed by atoms with van der Waals surface area (Å²) >= 11 is 1.01. The normalized spacial score (nSPS) is 13.4. The molecule has 10 heteroatoms. The van der Waals surface area contributed by atoms with Crippen molar-refractivity contribution in [2.45, 2.75) is 14.4 Å². The van der Waals surface area contributed by atoms with Crippen molar-refractivity contribution in [1.82, 2.24) is 4.72 Å². The van der Waals surface area contributed by atoms with E-state index in [0.717, 1.165) is 47.7 Å². The summed E-state index contributed by atoms with van der Waals surface area (Å²) in [7, 11) is -7.99. The molecule has 3 aromatic rings. The number of hydrogen-bond donors (Lipinski definition) is 1. The second-order valence-corrected chi connectivity index (χ2v) is 10.9. The van der Waals surface area contributed by atoms with Crippen molar-refractivity contribution in [2.24, 2.45) is 0 Å². The van der Waals surface area contributed by atoms with Gasteiger partial charge in [0, 0.05) is 6.54 Å². The summed E-state index contributed by atoms with van der Waals surface area (Å²) in [6.07, 6.45) is 0. The zero-order valence-corrected chi connectivity index (χ0v) is 16.7. The lowest BCUT2D eigenvalue weighted by molar-refractivity contribution is 0.569. The molecule has 2 aromatic carbocycles. The average Bonchev–Trinajstić information content (AvgIpc) is 3.19. The van der Waals surface area contributed by atoms with Gasteiger partial charge in [0.2, 0.25) is 10.0 Å². The Morgan fingerprint density at radius 3 is 1.96 bits per heavy atom. The summed E-state index contributed by atoms with van der Waals surface area (Å²) in [5, 5.41) is 0.332. The molecule has 1 heterocycles. The van der Waals surface area contributed by atoms with Crippen LogP contribution < -0.4 is 4.72 Å². The lowest BCUT2D eigenvalue weighted by Crippen LogP contribution is -2.31. The Bertz CT molecular complexity index is 1140. The zero-order chi connectivity index (χ0) is 20.4. The third-order valence-corrected chi connectivity index (χ3v) is 8.95. The van der Waals surface area contributed by atoms with E-state index in [2.05, 4.69) is 4.72 Å². The van der Waals surface area contributed by atoms with Crippen molar-refractivity contribution in [2.75, 3.05) is 6.54 Å². The molecular weight excluding hydrogens is 428 g/mol. The Hall–Kier alpha value is -2.14. The fraction of sp³-hybridized carbons (Fsp3) is 0.111. The Labute approximate surface area is 165 Å². The molecule has 0 saturated carbocycles. The number of thiophene rings is 1. The van der Waals surface area contributed by atoms with E-state index in [1.165, 1.54) is 18.2 Å². The number of rotatable bonds is 7. The molecule has 0 aliphatic carbocycles. The van der Waals surface area contributed by atoms with Crippen LogP contribution in [0.25, 0.3) is 0 Å². The summed E-state index contributed by atoms with van der Waals surface area (Å²) in [4.78, 5) is -0.194. The molecule has 0 saturated heterocycles. The number of sulfone groups is 1. The van der Waals surface area contributed by atoms with Crippen LogP contribution in [0.3, 0.4) is 0 Å². The molecule has 1 N–H and O–H groups in total. The van der Waals surface area contributed by atoms with Gasteiger partial charge < -0.3 is 0 Å². The van der Waals surface area contributed by atoms with Crippen LogP contribution in [-0.2, 0) is 19.9 Å². The minimum atomic E-state index is -4.07. The van der Waals surface area contributed by atoms with Crippen LogP contribution in [0, 0.1) is 11.6 Å². The predicted octanol–water partition coefficient (Wildman–Crippen LogP) is 3.52. The van der Waals surface area contributed by atoms with E-state index in [4.69, 9.17) is 0 Å². The molecule has 0 aliphatic heterocycles. The van der Waals surface area contributed by atoms with Gasteiger partial charge in [0.1, 0.15) is 21.1 Å². The molecule has 0 aliphatic rings. The fourth-order valence-electron chi connectivity index (χ4n) is 2.53. The van der Waals surface area contributed by atoms with Gasteiger partial charge in [-0.05, 0) is 53.4 Å². The van der Waals surface area contributed by atoms with Crippen LogP contribution in [0.2, 0.25) is 0 Å². The van der Waals surface area contributed by atoms with Gasteiger partial charge >= 0.3 is 0 Å². The van der Waals surface area contributed by atoms with Crippen LogP contribution in [0.15, 0.2) is 75.1 Å². The maximum absolute atomic E-state index is 13.3. The first kappa shape index (κ1) is 20.6. The van der Waals surface area contributed by atoms with Gasteiger partial charge in [-0.25, -0.2) is 30.3 Å². The Kier molecular flexibility index (Phi) is 5.94. The van der Waals surface area contributed by atoms with E-state index in [1.807, 2.05) is 0 Å². The van der Waals surface area contributed by atoms with Crippen LogP contribution in [0.5, 0.6) is 0 Å². The van der Waals surface area contributed by atoms with Gasteiger partial charge in [0.25, 0.3) is 0 Å². The maximum atomic E-state index is 13.3. The number of halogens is 2. The molecule has 28 heavy (non-hydrogen) atoms. The smallest absolute Gasteiger partial charge is 0.222 e. The van der Waals surface area contributed by atoms with Crippen molar-refractivity contribution in [3.8, 4) is 0 Å². The van der Waals surface area contributed by atoms with E-state index in [-0.39, 0.29) is 14.7 Å². The minimum absolute atomic E-state index is 0.0720. The number of benzene rings is 2. The molecule has 0 fully saturated rings. The van der Waals surface area contributed by atoms with E-state index in [9.17, 15) is 25.6 Å². The third kappa shape index (κ3) is 4.46. The van der Waals surface area contributed by atoms with Crippen LogP contribution in [-0.4, -0.2) is 23.4 Å². The standard InChI is InChI=1S/C18H15F2NO4S3/c19-14-5-3-13(4-6-14)17(27(22,23)18-2-1-11-26-18)12-21-28(24,25)16-9-7-15(20)8-10-16/h1-11,17,21H,12H2. The molecular formula is C18H15F2NO4S3. The largest absolute Gasteiger partial charge is 0.240 e. The van der Waals surface area contributed by atoms with Gasteiger partial charge in [0.15, 0.2) is 9.84 Å². The highest BCUT2D eigenvalue weighted by atomic mass is 32.2. The predicted molar refractivity (Wildman–Crippen MR) is 102 cm³/mol. The molecule has 0 bridgehead atoms. The SMILES string of the molecule is O=S(=O)(NCC(c1ccc(F)cc1)S(=O)(=O)c1cccs1)c1ccc(F)cc1. The van der Waals surface area contributed by atoms with Crippen molar-refractivity contribution in [3.05, 3.63) is 83.2 Å². The minimum Gasteiger partial charge on any atom is -0.222 e.